The van der Waals surface area contributed by atoms with E-state index in [9.17, 15) is 8.78 Å². The summed E-state index contributed by atoms with van der Waals surface area (Å²) in [5.41, 5.74) is 1.61. The molecule has 5 heteroatoms. The van der Waals surface area contributed by atoms with Gasteiger partial charge < -0.3 is 5.32 Å². The van der Waals surface area contributed by atoms with Crippen LogP contribution in [0.3, 0.4) is 0 Å². The molecule has 0 bridgehead atoms. The highest BCUT2D eigenvalue weighted by molar-refractivity contribution is 7.11. The number of nitrogens with zero attached hydrogens (tertiary/aromatic N) is 1. The number of thiazole rings is 1. The van der Waals surface area contributed by atoms with Crippen LogP contribution in [0.5, 0.6) is 0 Å². The van der Waals surface area contributed by atoms with E-state index >= 15 is 0 Å². The summed E-state index contributed by atoms with van der Waals surface area (Å²) in [6.07, 6.45) is 0.855. The maximum Gasteiger partial charge on any atom is 0.126 e. The van der Waals surface area contributed by atoms with Crippen LogP contribution in [0, 0.1) is 18.6 Å². The first-order chi connectivity index (χ1) is 9.90. The fraction of sp³-hybridized carbons (Fsp3) is 0.438. The molecule has 0 fully saturated rings. The molecular weight excluding hydrogens is 290 g/mol. The third-order valence-corrected chi connectivity index (χ3v) is 4.29. The molecule has 2 nitrogen and oxygen atoms in total. The molecule has 1 aromatic heterocycles. The van der Waals surface area contributed by atoms with Gasteiger partial charge in [-0.2, -0.15) is 0 Å². The van der Waals surface area contributed by atoms with Crippen molar-refractivity contribution < 1.29 is 8.78 Å². The van der Waals surface area contributed by atoms with Crippen molar-refractivity contribution in [2.24, 2.45) is 0 Å². The molecular formula is C16H20F2N2S. The van der Waals surface area contributed by atoms with Gasteiger partial charge >= 0.3 is 0 Å². The topological polar surface area (TPSA) is 24.9 Å². The number of nitrogens with one attached hydrogen (secondary N) is 1. The Morgan fingerprint density at radius 2 is 1.81 bits per heavy atom. The average molecular weight is 310 g/mol. The highest BCUT2D eigenvalue weighted by Gasteiger charge is 2.21. The smallest absolute Gasteiger partial charge is 0.126 e. The molecule has 0 amide bonds. The highest BCUT2D eigenvalue weighted by Crippen LogP contribution is 2.29. The number of hydrogen-bond donors (Lipinski definition) is 1. The molecule has 1 N–H and O–H groups in total. The summed E-state index contributed by atoms with van der Waals surface area (Å²) in [7, 11) is 0. The van der Waals surface area contributed by atoms with Crippen molar-refractivity contribution >= 4 is 11.3 Å². The van der Waals surface area contributed by atoms with Crippen molar-refractivity contribution in [3.8, 4) is 0 Å². The van der Waals surface area contributed by atoms with E-state index in [0.717, 1.165) is 28.1 Å². The molecule has 0 aliphatic carbocycles. The zero-order valence-electron chi connectivity index (χ0n) is 12.7. The van der Waals surface area contributed by atoms with Crippen LogP contribution in [-0.4, -0.2) is 11.0 Å². The molecule has 0 saturated carbocycles. The Morgan fingerprint density at radius 1 is 1.19 bits per heavy atom. The predicted octanol–water partition coefficient (Wildman–Crippen LogP) is 4.38. The van der Waals surface area contributed by atoms with Crippen molar-refractivity contribution in [1.82, 2.24) is 10.3 Å². The molecule has 1 unspecified atom stereocenters. The minimum Gasteiger partial charge on any atom is -0.302 e. The van der Waals surface area contributed by atoms with Crippen molar-refractivity contribution in [1.29, 1.82) is 0 Å². The number of aromatic nitrogens is 1. The monoisotopic (exact) mass is 310 g/mol. The molecule has 1 heterocycles. The maximum atomic E-state index is 13.5. The van der Waals surface area contributed by atoms with E-state index in [4.69, 9.17) is 0 Å². The molecule has 114 valence electrons. The SMILES string of the molecule is CCc1nc(C(NC(C)C)c2cc(F)cc(F)c2)sc1C. The van der Waals surface area contributed by atoms with E-state index in [1.807, 2.05) is 20.8 Å². The molecule has 0 radical (unpaired) electrons. The second kappa shape index (κ2) is 6.62. The van der Waals surface area contributed by atoms with Crippen LogP contribution in [0.25, 0.3) is 0 Å². The molecule has 21 heavy (non-hydrogen) atoms. The molecule has 0 spiro atoms. The van der Waals surface area contributed by atoms with Gasteiger partial charge in [-0.25, -0.2) is 13.8 Å². The Kier molecular flexibility index (Phi) is 5.06. The van der Waals surface area contributed by atoms with E-state index in [1.54, 1.807) is 11.3 Å². The Labute approximate surface area is 128 Å². The zero-order chi connectivity index (χ0) is 15.6. The van der Waals surface area contributed by atoms with Crippen LogP contribution >= 0.6 is 11.3 Å². The molecule has 0 saturated heterocycles. The molecule has 1 aromatic carbocycles. The second-order valence-electron chi connectivity index (χ2n) is 5.37. The van der Waals surface area contributed by atoms with Crippen molar-refractivity contribution in [2.45, 2.75) is 46.2 Å². The Morgan fingerprint density at radius 3 is 2.29 bits per heavy atom. The molecule has 0 aliphatic rings. The summed E-state index contributed by atoms with van der Waals surface area (Å²) in [4.78, 5) is 5.78. The van der Waals surface area contributed by atoms with Gasteiger partial charge in [-0.05, 0) is 44.9 Å². The summed E-state index contributed by atoms with van der Waals surface area (Å²) in [5.74, 6) is -1.13. The third-order valence-electron chi connectivity index (χ3n) is 3.21. The van der Waals surface area contributed by atoms with Crippen molar-refractivity contribution in [3.05, 3.63) is 51.0 Å². The first-order valence-corrected chi connectivity index (χ1v) is 7.90. The quantitative estimate of drug-likeness (QED) is 0.886. The number of rotatable bonds is 5. The Balaban J connectivity index is 2.46. The van der Waals surface area contributed by atoms with Crippen LogP contribution in [0.4, 0.5) is 8.78 Å². The van der Waals surface area contributed by atoms with Crippen molar-refractivity contribution in [3.63, 3.8) is 0 Å². The fourth-order valence-corrected chi connectivity index (χ4v) is 3.39. The average Bonchev–Trinajstić information content (AvgIpc) is 2.75. The van der Waals surface area contributed by atoms with Gasteiger partial charge in [0.25, 0.3) is 0 Å². The van der Waals surface area contributed by atoms with Crippen LogP contribution in [0.15, 0.2) is 18.2 Å². The maximum absolute atomic E-state index is 13.5. The normalized spacial score (nSPS) is 12.9. The third kappa shape index (κ3) is 3.86. The van der Waals surface area contributed by atoms with E-state index < -0.39 is 11.6 Å². The second-order valence-corrected chi connectivity index (χ2v) is 6.60. The first kappa shape index (κ1) is 16.0. The number of aryl methyl sites for hydroxylation is 2. The van der Waals surface area contributed by atoms with E-state index in [2.05, 4.69) is 17.2 Å². The summed E-state index contributed by atoms with van der Waals surface area (Å²) in [5, 5.41) is 4.20. The summed E-state index contributed by atoms with van der Waals surface area (Å²) in [6.45, 7) is 8.09. The summed E-state index contributed by atoms with van der Waals surface area (Å²) in [6, 6.07) is 3.51. The number of hydrogen-bond acceptors (Lipinski definition) is 3. The lowest BCUT2D eigenvalue weighted by Crippen LogP contribution is -2.29. The van der Waals surface area contributed by atoms with Crippen LogP contribution in [0.1, 0.15) is 48.0 Å². The van der Waals surface area contributed by atoms with E-state index in [-0.39, 0.29) is 12.1 Å². The largest absolute Gasteiger partial charge is 0.302 e. The van der Waals surface area contributed by atoms with Gasteiger partial charge in [0.05, 0.1) is 11.7 Å². The van der Waals surface area contributed by atoms with Crippen molar-refractivity contribution in [2.75, 3.05) is 0 Å². The van der Waals surface area contributed by atoms with Gasteiger partial charge in [-0.3, -0.25) is 0 Å². The number of benzene rings is 1. The minimum absolute atomic E-state index is 0.176. The highest BCUT2D eigenvalue weighted by atomic mass is 32.1. The van der Waals surface area contributed by atoms with E-state index in [0.29, 0.717) is 5.56 Å². The zero-order valence-corrected chi connectivity index (χ0v) is 13.5. The molecule has 2 aromatic rings. The molecule has 0 aliphatic heterocycles. The molecule has 2 rings (SSSR count). The van der Waals surface area contributed by atoms with Gasteiger partial charge in [0.15, 0.2) is 0 Å². The van der Waals surface area contributed by atoms with E-state index in [1.165, 1.54) is 12.1 Å². The Hall–Kier alpha value is -1.33. The van der Waals surface area contributed by atoms with Gasteiger partial charge in [-0.15, -0.1) is 11.3 Å². The van der Waals surface area contributed by atoms with Gasteiger partial charge in [0.1, 0.15) is 16.6 Å². The first-order valence-electron chi connectivity index (χ1n) is 7.09. The lowest BCUT2D eigenvalue weighted by Gasteiger charge is -2.20. The Bertz CT molecular complexity index is 602. The van der Waals surface area contributed by atoms with Crippen LogP contribution in [0.2, 0.25) is 0 Å². The van der Waals surface area contributed by atoms with Gasteiger partial charge in [-0.1, -0.05) is 6.92 Å². The summed E-state index contributed by atoms with van der Waals surface area (Å²) >= 11 is 1.58. The minimum atomic E-state index is -0.565. The van der Waals surface area contributed by atoms with Gasteiger partial charge in [0.2, 0.25) is 0 Å². The molecule has 1 atom stereocenters. The van der Waals surface area contributed by atoms with Crippen LogP contribution in [-0.2, 0) is 6.42 Å². The predicted molar refractivity (Wildman–Crippen MR) is 82.7 cm³/mol. The standard InChI is InChI=1S/C16H20F2N2S/c1-5-14-10(4)21-16(20-14)15(19-9(2)3)11-6-12(17)8-13(18)7-11/h6-9,15,19H,5H2,1-4H3. The van der Waals surface area contributed by atoms with Gasteiger partial charge in [0, 0.05) is 17.0 Å². The van der Waals surface area contributed by atoms with Crippen LogP contribution < -0.4 is 5.32 Å². The number of halogens is 2. The fourth-order valence-electron chi connectivity index (χ4n) is 2.29. The lowest BCUT2D eigenvalue weighted by molar-refractivity contribution is 0.515. The summed E-state index contributed by atoms with van der Waals surface area (Å²) < 4.78 is 27.0. The lowest BCUT2D eigenvalue weighted by atomic mass is 10.1.